The molecular weight excluding hydrogens is 242 g/mol. The highest BCUT2D eigenvalue weighted by molar-refractivity contribution is 7.80. The summed E-state index contributed by atoms with van der Waals surface area (Å²) in [6.45, 7) is 0. The molecule has 0 aliphatic heterocycles. The SMILES string of the molecule is CN(C)c1ccc(NC(=S)NC2CCCC2)cc1. The lowest BCUT2D eigenvalue weighted by Gasteiger charge is -2.17. The maximum atomic E-state index is 5.32. The molecule has 0 atom stereocenters. The van der Waals surface area contributed by atoms with Gasteiger partial charge < -0.3 is 15.5 Å². The molecule has 1 aromatic rings. The van der Waals surface area contributed by atoms with Crippen LogP contribution in [0.2, 0.25) is 0 Å². The molecule has 0 unspecified atom stereocenters. The Morgan fingerprint density at radius 1 is 1.17 bits per heavy atom. The lowest BCUT2D eigenvalue weighted by Crippen LogP contribution is -2.35. The number of nitrogens with zero attached hydrogens (tertiary/aromatic N) is 1. The average Bonchev–Trinajstić information content (AvgIpc) is 2.82. The van der Waals surface area contributed by atoms with Crippen LogP contribution in [-0.2, 0) is 0 Å². The number of nitrogens with one attached hydrogen (secondary N) is 2. The minimum atomic E-state index is 0.561. The molecule has 2 rings (SSSR count). The van der Waals surface area contributed by atoms with Crippen molar-refractivity contribution in [3.8, 4) is 0 Å². The predicted molar refractivity (Wildman–Crippen MR) is 82.4 cm³/mol. The van der Waals surface area contributed by atoms with Gasteiger partial charge in [0.1, 0.15) is 0 Å². The van der Waals surface area contributed by atoms with E-state index in [2.05, 4.69) is 39.8 Å². The van der Waals surface area contributed by atoms with Gasteiger partial charge in [0.2, 0.25) is 0 Å². The molecule has 1 saturated carbocycles. The highest BCUT2D eigenvalue weighted by atomic mass is 32.1. The van der Waals surface area contributed by atoms with E-state index in [0.29, 0.717) is 6.04 Å². The fraction of sp³-hybridized carbons (Fsp3) is 0.500. The summed E-state index contributed by atoms with van der Waals surface area (Å²) in [5, 5.41) is 7.35. The first-order valence-corrected chi connectivity index (χ1v) is 6.91. The van der Waals surface area contributed by atoms with E-state index in [1.54, 1.807) is 0 Å². The molecule has 0 saturated heterocycles. The lowest BCUT2D eigenvalue weighted by atomic mass is 10.2. The highest BCUT2D eigenvalue weighted by Crippen LogP contribution is 2.18. The topological polar surface area (TPSA) is 27.3 Å². The van der Waals surface area contributed by atoms with E-state index in [0.717, 1.165) is 10.8 Å². The first-order valence-electron chi connectivity index (χ1n) is 6.50. The molecule has 1 aromatic carbocycles. The zero-order chi connectivity index (χ0) is 13.0. The van der Waals surface area contributed by atoms with Crippen LogP contribution in [0.5, 0.6) is 0 Å². The van der Waals surface area contributed by atoms with Crippen LogP contribution in [-0.4, -0.2) is 25.2 Å². The van der Waals surface area contributed by atoms with E-state index < -0.39 is 0 Å². The van der Waals surface area contributed by atoms with Gasteiger partial charge in [0.25, 0.3) is 0 Å². The molecular formula is C14H21N3S. The Labute approximate surface area is 115 Å². The zero-order valence-corrected chi connectivity index (χ0v) is 11.9. The van der Waals surface area contributed by atoms with Crippen LogP contribution in [0.15, 0.2) is 24.3 Å². The van der Waals surface area contributed by atoms with Crippen molar-refractivity contribution in [3.63, 3.8) is 0 Å². The van der Waals surface area contributed by atoms with Crippen LogP contribution in [0.25, 0.3) is 0 Å². The van der Waals surface area contributed by atoms with Gasteiger partial charge in [0.15, 0.2) is 5.11 Å². The lowest BCUT2D eigenvalue weighted by molar-refractivity contribution is 0.634. The smallest absolute Gasteiger partial charge is 0.170 e. The molecule has 0 bridgehead atoms. The summed E-state index contributed by atoms with van der Waals surface area (Å²) in [6, 6.07) is 8.84. The monoisotopic (exact) mass is 263 g/mol. The summed E-state index contributed by atoms with van der Waals surface area (Å²) in [7, 11) is 4.07. The van der Waals surface area contributed by atoms with E-state index in [1.807, 2.05) is 14.1 Å². The Kier molecular flexibility index (Phi) is 4.42. The van der Waals surface area contributed by atoms with Gasteiger partial charge in [-0.1, -0.05) is 12.8 Å². The van der Waals surface area contributed by atoms with E-state index in [1.165, 1.54) is 31.4 Å². The second kappa shape index (κ2) is 6.05. The van der Waals surface area contributed by atoms with Gasteiger partial charge in [-0.05, 0) is 49.3 Å². The van der Waals surface area contributed by atoms with Crippen LogP contribution < -0.4 is 15.5 Å². The molecule has 0 heterocycles. The first kappa shape index (κ1) is 13.1. The van der Waals surface area contributed by atoms with Crippen LogP contribution in [0.4, 0.5) is 11.4 Å². The molecule has 0 amide bonds. The van der Waals surface area contributed by atoms with Crippen molar-refractivity contribution in [2.75, 3.05) is 24.3 Å². The van der Waals surface area contributed by atoms with Crippen LogP contribution in [0.1, 0.15) is 25.7 Å². The van der Waals surface area contributed by atoms with Gasteiger partial charge in [0.05, 0.1) is 0 Å². The average molecular weight is 263 g/mol. The maximum absolute atomic E-state index is 5.32. The number of hydrogen-bond donors (Lipinski definition) is 2. The van der Waals surface area contributed by atoms with Crippen LogP contribution in [0, 0.1) is 0 Å². The minimum absolute atomic E-state index is 0.561. The number of rotatable bonds is 3. The van der Waals surface area contributed by atoms with Crippen molar-refractivity contribution in [1.82, 2.24) is 5.32 Å². The molecule has 0 aromatic heterocycles. The van der Waals surface area contributed by atoms with Gasteiger partial charge in [-0.2, -0.15) is 0 Å². The van der Waals surface area contributed by atoms with Gasteiger partial charge >= 0.3 is 0 Å². The molecule has 1 fully saturated rings. The predicted octanol–water partition coefficient (Wildman–Crippen LogP) is 2.98. The summed E-state index contributed by atoms with van der Waals surface area (Å²) >= 11 is 5.32. The highest BCUT2D eigenvalue weighted by Gasteiger charge is 2.15. The van der Waals surface area contributed by atoms with Gasteiger partial charge in [-0.25, -0.2) is 0 Å². The fourth-order valence-electron chi connectivity index (χ4n) is 2.27. The molecule has 1 aliphatic carbocycles. The normalized spacial score (nSPS) is 15.4. The summed E-state index contributed by atoms with van der Waals surface area (Å²) in [4.78, 5) is 2.08. The van der Waals surface area contributed by atoms with Crippen molar-refractivity contribution < 1.29 is 0 Å². The Hall–Kier alpha value is -1.29. The molecule has 0 spiro atoms. The second-order valence-electron chi connectivity index (χ2n) is 5.02. The van der Waals surface area contributed by atoms with E-state index >= 15 is 0 Å². The van der Waals surface area contributed by atoms with Crippen LogP contribution in [0.3, 0.4) is 0 Å². The van der Waals surface area contributed by atoms with Crippen molar-refractivity contribution in [2.45, 2.75) is 31.7 Å². The molecule has 1 aliphatic rings. The molecule has 3 nitrogen and oxygen atoms in total. The van der Waals surface area contributed by atoms with E-state index in [-0.39, 0.29) is 0 Å². The first-order chi connectivity index (χ1) is 8.65. The van der Waals surface area contributed by atoms with Gasteiger partial charge in [-0.15, -0.1) is 0 Å². The molecule has 4 heteroatoms. The third-order valence-corrected chi connectivity index (χ3v) is 3.55. The summed E-state index contributed by atoms with van der Waals surface area (Å²) in [5.41, 5.74) is 2.23. The Bertz CT molecular complexity index is 394. The maximum Gasteiger partial charge on any atom is 0.170 e. The largest absolute Gasteiger partial charge is 0.378 e. The third-order valence-electron chi connectivity index (χ3n) is 3.33. The Morgan fingerprint density at radius 3 is 2.33 bits per heavy atom. The second-order valence-corrected chi connectivity index (χ2v) is 5.43. The molecule has 0 radical (unpaired) electrons. The van der Waals surface area contributed by atoms with Crippen molar-refractivity contribution in [2.24, 2.45) is 0 Å². The fourth-order valence-corrected chi connectivity index (χ4v) is 2.55. The Morgan fingerprint density at radius 2 is 1.78 bits per heavy atom. The number of anilines is 2. The quantitative estimate of drug-likeness (QED) is 0.820. The van der Waals surface area contributed by atoms with Gasteiger partial charge in [0, 0.05) is 31.5 Å². The van der Waals surface area contributed by atoms with Gasteiger partial charge in [-0.3, -0.25) is 0 Å². The Balaban J connectivity index is 1.86. The summed E-state index contributed by atoms with van der Waals surface area (Å²) in [6.07, 6.45) is 5.11. The van der Waals surface area contributed by atoms with E-state index in [9.17, 15) is 0 Å². The molecule has 2 N–H and O–H groups in total. The summed E-state index contributed by atoms with van der Waals surface area (Å²) in [5.74, 6) is 0. The standard InChI is InChI=1S/C14H21N3S/c1-17(2)13-9-7-12(8-10-13)16-14(18)15-11-5-3-4-6-11/h7-11H,3-6H2,1-2H3,(H2,15,16,18). The van der Waals surface area contributed by atoms with Crippen molar-refractivity contribution in [1.29, 1.82) is 0 Å². The molecule has 98 valence electrons. The van der Waals surface area contributed by atoms with E-state index in [4.69, 9.17) is 12.2 Å². The third kappa shape index (κ3) is 3.60. The number of thiocarbonyl (C=S) groups is 1. The van der Waals surface area contributed by atoms with Crippen molar-refractivity contribution >= 4 is 28.7 Å². The summed E-state index contributed by atoms with van der Waals surface area (Å²) < 4.78 is 0. The zero-order valence-electron chi connectivity index (χ0n) is 11.1. The minimum Gasteiger partial charge on any atom is -0.378 e. The van der Waals surface area contributed by atoms with Crippen LogP contribution >= 0.6 is 12.2 Å². The number of hydrogen-bond acceptors (Lipinski definition) is 2. The number of benzene rings is 1. The molecule has 18 heavy (non-hydrogen) atoms. The van der Waals surface area contributed by atoms with Crippen molar-refractivity contribution in [3.05, 3.63) is 24.3 Å².